The van der Waals surface area contributed by atoms with Gasteiger partial charge in [-0.2, -0.15) is 0 Å². The molecule has 0 aliphatic rings. The maximum Gasteiger partial charge on any atom is 0.190 e. The fourth-order valence-electron chi connectivity index (χ4n) is 0.650. The standard InChI is InChI=1S/C6H10O3S/c1-4(2)6(5(3)7)10(8)9/h1-3H3,(H,8,9). The van der Waals surface area contributed by atoms with Crippen LogP contribution in [0.3, 0.4) is 0 Å². The fourth-order valence-corrected chi connectivity index (χ4v) is 1.24. The summed E-state index contributed by atoms with van der Waals surface area (Å²) in [6.07, 6.45) is 0. The third-order valence-electron chi connectivity index (χ3n) is 0.949. The number of hydrogen-bond donors (Lipinski definition) is 1. The highest BCUT2D eigenvalue weighted by molar-refractivity contribution is 7.84. The van der Waals surface area contributed by atoms with Gasteiger partial charge in [0.25, 0.3) is 0 Å². The summed E-state index contributed by atoms with van der Waals surface area (Å²) in [5.74, 6) is -0.346. The van der Waals surface area contributed by atoms with Crippen LogP contribution >= 0.6 is 0 Å². The van der Waals surface area contributed by atoms with E-state index in [-0.39, 0.29) is 10.7 Å². The predicted octanol–water partition coefficient (Wildman–Crippen LogP) is 1.09. The van der Waals surface area contributed by atoms with Crippen LogP contribution in [0.4, 0.5) is 0 Å². The van der Waals surface area contributed by atoms with Gasteiger partial charge in [-0.3, -0.25) is 4.79 Å². The first-order valence-electron chi connectivity index (χ1n) is 2.76. The van der Waals surface area contributed by atoms with Crippen LogP contribution in [0.5, 0.6) is 0 Å². The smallest absolute Gasteiger partial charge is 0.190 e. The molecule has 0 saturated carbocycles. The van der Waals surface area contributed by atoms with Crippen molar-refractivity contribution in [1.82, 2.24) is 0 Å². The summed E-state index contributed by atoms with van der Waals surface area (Å²) in [7, 11) is 0. The van der Waals surface area contributed by atoms with Gasteiger partial charge >= 0.3 is 0 Å². The van der Waals surface area contributed by atoms with Gasteiger partial charge in [0.1, 0.15) is 4.91 Å². The maximum atomic E-state index is 10.6. The Morgan fingerprint density at radius 2 is 1.70 bits per heavy atom. The minimum atomic E-state index is -2.13. The molecule has 0 spiro atoms. The van der Waals surface area contributed by atoms with Crippen molar-refractivity contribution in [1.29, 1.82) is 0 Å². The van der Waals surface area contributed by atoms with Crippen molar-refractivity contribution >= 4 is 16.9 Å². The van der Waals surface area contributed by atoms with Gasteiger partial charge in [0.2, 0.25) is 0 Å². The van der Waals surface area contributed by atoms with E-state index in [1.807, 2.05) is 0 Å². The lowest BCUT2D eigenvalue weighted by atomic mass is 10.3. The summed E-state index contributed by atoms with van der Waals surface area (Å²) in [5, 5.41) is 0. The van der Waals surface area contributed by atoms with Crippen LogP contribution in [0.15, 0.2) is 10.5 Å². The highest BCUT2D eigenvalue weighted by Crippen LogP contribution is 2.07. The summed E-state index contributed by atoms with van der Waals surface area (Å²) >= 11 is -2.13. The highest BCUT2D eigenvalue weighted by atomic mass is 32.2. The second-order valence-electron chi connectivity index (χ2n) is 2.13. The molecule has 3 nitrogen and oxygen atoms in total. The van der Waals surface area contributed by atoms with E-state index in [0.29, 0.717) is 5.57 Å². The first kappa shape index (κ1) is 9.52. The lowest BCUT2D eigenvalue weighted by Crippen LogP contribution is -2.04. The largest absolute Gasteiger partial charge is 0.302 e. The van der Waals surface area contributed by atoms with Crippen LogP contribution in [-0.4, -0.2) is 14.5 Å². The van der Waals surface area contributed by atoms with Crippen LogP contribution in [0, 0.1) is 0 Å². The van der Waals surface area contributed by atoms with Crippen LogP contribution in [-0.2, 0) is 15.9 Å². The molecule has 0 aromatic carbocycles. The van der Waals surface area contributed by atoms with Crippen molar-refractivity contribution in [3.05, 3.63) is 10.5 Å². The normalized spacial score (nSPS) is 12.4. The molecular weight excluding hydrogens is 152 g/mol. The molecule has 0 aromatic heterocycles. The molecule has 4 heteroatoms. The second kappa shape index (κ2) is 3.63. The van der Waals surface area contributed by atoms with Crippen molar-refractivity contribution in [2.24, 2.45) is 0 Å². The molecule has 0 radical (unpaired) electrons. The van der Waals surface area contributed by atoms with E-state index in [9.17, 15) is 9.00 Å². The number of allylic oxidation sites excluding steroid dienone is 2. The minimum Gasteiger partial charge on any atom is -0.302 e. The average Bonchev–Trinajstić information content (AvgIpc) is 1.59. The third kappa shape index (κ3) is 2.41. The van der Waals surface area contributed by atoms with E-state index in [4.69, 9.17) is 4.55 Å². The lowest BCUT2D eigenvalue weighted by molar-refractivity contribution is -0.113. The molecule has 58 valence electrons. The Bertz CT molecular complexity index is 185. The molecule has 0 aliphatic carbocycles. The van der Waals surface area contributed by atoms with Gasteiger partial charge in [0.15, 0.2) is 16.9 Å². The van der Waals surface area contributed by atoms with Crippen LogP contribution < -0.4 is 0 Å². The number of hydrogen-bond acceptors (Lipinski definition) is 2. The summed E-state index contributed by atoms with van der Waals surface area (Å²) in [5.41, 5.74) is 0.591. The Labute approximate surface area is 62.4 Å². The third-order valence-corrected chi connectivity index (χ3v) is 1.99. The molecule has 0 aliphatic heterocycles. The SMILES string of the molecule is CC(=O)C(=C(C)C)S(=O)O. The lowest BCUT2D eigenvalue weighted by Gasteiger charge is -1.98. The molecule has 0 heterocycles. The van der Waals surface area contributed by atoms with Crippen LogP contribution in [0.1, 0.15) is 20.8 Å². The van der Waals surface area contributed by atoms with Gasteiger partial charge < -0.3 is 4.55 Å². The molecule has 1 unspecified atom stereocenters. The quantitative estimate of drug-likeness (QED) is 0.488. The molecule has 0 amide bonds. The van der Waals surface area contributed by atoms with Gasteiger partial charge in [0, 0.05) is 0 Å². The first-order valence-corrected chi connectivity index (χ1v) is 3.86. The van der Waals surface area contributed by atoms with E-state index in [0.717, 1.165) is 0 Å². The number of rotatable bonds is 2. The summed E-state index contributed by atoms with van der Waals surface area (Å²) in [6.45, 7) is 4.53. The zero-order valence-electron chi connectivity index (χ0n) is 6.17. The van der Waals surface area contributed by atoms with Crippen molar-refractivity contribution in [3.8, 4) is 0 Å². The molecule has 1 N–H and O–H groups in total. The highest BCUT2D eigenvalue weighted by Gasteiger charge is 2.11. The first-order chi connectivity index (χ1) is 4.46. The zero-order valence-corrected chi connectivity index (χ0v) is 6.99. The minimum absolute atomic E-state index is 0.000000000000000444. The van der Waals surface area contributed by atoms with Crippen LogP contribution in [0.2, 0.25) is 0 Å². The topological polar surface area (TPSA) is 54.4 Å². The maximum absolute atomic E-state index is 10.6. The Morgan fingerprint density at radius 1 is 1.30 bits per heavy atom. The van der Waals surface area contributed by atoms with Gasteiger partial charge in [0.05, 0.1) is 0 Å². The van der Waals surface area contributed by atoms with Crippen molar-refractivity contribution < 1.29 is 13.6 Å². The molecule has 0 fully saturated rings. The van der Waals surface area contributed by atoms with Gasteiger partial charge in [-0.25, -0.2) is 4.21 Å². The molecular formula is C6H10O3S. The molecule has 0 rings (SSSR count). The van der Waals surface area contributed by atoms with Crippen molar-refractivity contribution in [2.75, 3.05) is 0 Å². The van der Waals surface area contributed by atoms with Crippen LogP contribution in [0.25, 0.3) is 0 Å². The van der Waals surface area contributed by atoms with E-state index in [1.54, 1.807) is 13.8 Å². The fraction of sp³-hybridized carbons (Fsp3) is 0.500. The Hall–Kier alpha value is -0.480. The molecule has 0 aromatic rings. The monoisotopic (exact) mass is 162 g/mol. The predicted molar refractivity (Wildman–Crippen MR) is 39.8 cm³/mol. The number of carbonyl (C=O) groups is 1. The summed E-state index contributed by atoms with van der Waals surface area (Å²) in [4.78, 5) is 10.6. The number of ketones is 1. The van der Waals surface area contributed by atoms with E-state index in [1.165, 1.54) is 6.92 Å². The van der Waals surface area contributed by atoms with Crippen molar-refractivity contribution in [3.63, 3.8) is 0 Å². The Balaban J connectivity index is 4.79. The van der Waals surface area contributed by atoms with Gasteiger partial charge in [-0.05, 0) is 20.8 Å². The molecule has 0 bridgehead atoms. The van der Waals surface area contributed by atoms with Crippen molar-refractivity contribution in [2.45, 2.75) is 20.8 Å². The second-order valence-corrected chi connectivity index (χ2v) is 3.04. The molecule has 10 heavy (non-hydrogen) atoms. The van der Waals surface area contributed by atoms with Gasteiger partial charge in [-0.15, -0.1) is 0 Å². The zero-order chi connectivity index (χ0) is 8.31. The number of carbonyl (C=O) groups excluding carboxylic acids is 1. The molecule has 1 atom stereocenters. The van der Waals surface area contributed by atoms with E-state index in [2.05, 4.69) is 0 Å². The summed E-state index contributed by atoms with van der Waals surface area (Å²) in [6, 6.07) is 0. The Morgan fingerprint density at radius 3 is 1.70 bits per heavy atom. The van der Waals surface area contributed by atoms with E-state index >= 15 is 0 Å². The molecule has 0 saturated heterocycles. The van der Waals surface area contributed by atoms with Gasteiger partial charge in [-0.1, -0.05) is 5.57 Å². The Kier molecular flexibility index (Phi) is 3.46. The van der Waals surface area contributed by atoms with E-state index < -0.39 is 11.1 Å². The summed E-state index contributed by atoms with van der Waals surface area (Å²) < 4.78 is 19.0. The number of Topliss-reactive ketones (excluding diaryl/α,β-unsaturated/α-hetero) is 1. The average molecular weight is 162 g/mol.